The van der Waals surface area contributed by atoms with Gasteiger partial charge in [-0.05, 0) is 89.2 Å². The van der Waals surface area contributed by atoms with Crippen molar-refractivity contribution < 1.29 is 28.7 Å². The number of nitrogens with one attached hydrogen (secondary N) is 3. The molecule has 2 heterocycles. The number of hydrogen-bond acceptors (Lipinski definition) is 8. The molecule has 2 amide bonds. The summed E-state index contributed by atoms with van der Waals surface area (Å²) in [6, 6.07) is 34.3. The predicted molar refractivity (Wildman–Crippen MR) is 256 cm³/mol. The summed E-state index contributed by atoms with van der Waals surface area (Å²) in [7, 11) is 2.58. The van der Waals surface area contributed by atoms with Gasteiger partial charge in [-0.3, -0.25) is 9.59 Å². The molecule has 5 aromatic rings. The van der Waals surface area contributed by atoms with Crippen LogP contribution in [0.1, 0.15) is 55.8 Å². The zero-order valence-corrected chi connectivity index (χ0v) is 38.4. The molecule has 0 aliphatic carbocycles. The summed E-state index contributed by atoms with van der Waals surface area (Å²) in [5.41, 5.74) is 8.23. The quantitative estimate of drug-likeness (QED) is 0.0998. The first-order valence-electron chi connectivity index (χ1n) is 20.7. The first kappa shape index (κ1) is 47.8. The van der Waals surface area contributed by atoms with Crippen LogP contribution in [0.2, 0.25) is 20.1 Å². The van der Waals surface area contributed by atoms with Crippen LogP contribution in [0.4, 0.5) is 5.69 Å². The molecule has 0 bridgehead atoms. The Balaban J connectivity index is 0.000000216. The van der Waals surface area contributed by atoms with Crippen LogP contribution < -0.4 is 20.9 Å². The number of benzene rings is 5. The molecule has 0 aromatic heterocycles. The molecule has 0 spiro atoms. The second-order valence-corrected chi connectivity index (χ2v) is 16.7. The summed E-state index contributed by atoms with van der Waals surface area (Å²) in [5, 5.41) is 9.57. The number of hydrogen-bond donors (Lipinski definition) is 3. The lowest BCUT2D eigenvalue weighted by atomic mass is 9.96. The van der Waals surface area contributed by atoms with E-state index >= 15 is 0 Å². The van der Waals surface area contributed by atoms with Crippen LogP contribution in [-0.2, 0) is 31.9 Å². The van der Waals surface area contributed by atoms with Crippen LogP contribution >= 0.6 is 46.4 Å². The van der Waals surface area contributed by atoms with Crippen molar-refractivity contribution in [3.8, 4) is 0 Å². The molecule has 0 radical (unpaired) electrons. The van der Waals surface area contributed by atoms with Gasteiger partial charge < -0.3 is 30.3 Å². The molecule has 2 aliphatic heterocycles. The molecule has 5 aromatic carbocycles. The van der Waals surface area contributed by atoms with Crippen molar-refractivity contribution in [1.82, 2.24) is 16.0 Å². The lowest BCUT2D eigenvalue weighted by molar-refractivity contribution is -0.143. The van der Waals surface area contributed by atoms with Gasteiger partial charge in [0.1, 0.15) is 12.1 Å². The molecule has 10 nitrogen and oxygen atoms in total. The van der Waals surface area contributed by atoms with Crippen molar-refractivity contribution in [1.29, 1.82) is 0 Å². The van der Waals surface area contributed by atoms with Gasteiger partial charge in [0.25, 0.3) is 11.8 Å². The number of anilines is 1. The summed E-state index contributed by atoms with van der Waals surface area (Å²) in [6.45, 7) is 3.66. The second-order valence-electron chi connectivity index (χ2n) is 15.0. The van der Waals surface area contributed by atoms with Gasteiger partial charge in [0.05, 0.1) is 45.4 Å². The van der Waals surface area contributed by atoms with Crippen LogP contribution in [0.15, 0.2) is 127 Å². The highest BCUT2D eigenvalue weighted by Crippen LogP contribution is 2.28. The third-order valence-corrected chi connectivity index (χ3v) is 12.1. The first-order chi connectivity index (χ1) is 30.9. The Hall–Kier alpha value is -5.62. The summed E-state index contributed by atoms with van der Waals surface area (Å²) in [4.78, 5) is 52.5. The smallest absolute Gasteiger partial charge is 0.328 e. The normalized spacial score (nSPS) is 14.4. The average molecular weight is 943 g/mol. The van der Waals surface area contributed by atoms with Crippen molar-refractivity contribution >= 4 is 87.0 Å². The van der Waals surface area contributed by atoms with Gasteiger partial charge in [-0.1, -0.05) is 137 Å². The zero-order valence-electron chi connectivity index (χ0n) is 35.3. The van der Waals surface area contributed by atoms with Crippen LogP contribution in [0.5, 0.6) is 0 Å². The minimum Gasteiger partial charge on any atom is -0.467 e. The van der Waals surface area contributed by atoms with Crippen molar-refractivity contribution in [2.45, 2.75) is 37.8 Å². The Morgan fingerprint density at radius 2 is 1.05 bits per heavy atom. The number of nitrogens with zero attached hydrogens (tertiary/aromatic N) is 1. The Morgan fingerprint density at radius 1 is 0.594 bits per heavy atom. The molecular weight excluding hydrogens is 894 g/mol. The average Bonchev–Trinajstić information content (AvgIpc) is 3.32. The van der Waals surface area contributed by atoms with Crippen LogP contribution in [0, 0.1) is 0 Å². The van der Waals surface area contributed by atoms with E-state index in [-0.39, 0.29) is 37.6 Å². The van der Waals surface area contributed by atoms with Crippen LogP contribution in [-0.4, -0.2) is 76.2 Å². The predicted octanol–water partition coefficient (Wildman–Crippen LogP) is 9.69. The second kappa shape index (κ2) is 23.4. The fourth-order valence-electron chi connectivity index (χ4n) is 7.43. The molecule has 2 atom stereocenters. The fourth-order valence-corrected chi connectivity index (χ4v) is 8.57. The van der Waals surface area contributed by atoms with E-state index in [1.165, 1.54) is 31.1 Å². The van der Waals surface area contributed by atoms with Crippen LogP contribution in [0.3, 0.4) is 0 Å². The number of rotatable bonds is 13. The van der Waals surface area contributed by atoms with Gasteiger partial charge in [-0.25, -0.2) is 9.59 Å². The van der Waals surface area contributed by atoms with Crippen molar-refractivity contribution in [2.24, 2.45) is 0 Å². The maximum Gasteiger partial charge on any atom is 0.328 e. The molecule has 64 heavy (non-hydrogen) atoms. The van der Waals surface area contributed by atoms with E-state index in [1.807, 2.05) is 42.5 Å². The number of carbonyl (C=O) groups excluding carboxylic acids is 4. The molecule has 14 heteroatoms. The van der Waals surface area contributed by atoms with Crippen LogP contribution in [0.25, 0.3) is 11.1 Å². The van der Waals surface area contributed by atoms with Crippen molar-refractivity contribution in [2.75, 3.05) is 45.3 Å². The lowest BCUT2D eigenvalue weighted by Gasteiger charge is -2.28. The summed E-state index contributed by atoms with van der Waals surface area (Å²) in [5.74, 6) is -2.12. The monoisotopic (exact) mass is 940 g/mol. The van der Waals surface area contributed by atoms with Gasteiger partial charge in [0.2, 0.25) is 0 Å². The maximum atomic E-state index is 12.8. The zero-order chi connectivity index (χ0) is 45.6. The highest BCUT2D eigenvalue weighted by atomic mass is 35.5. The largest absolute Gasteiger partial charge is 0.467 e. The molecule has 0 saturated heterocycles. The molecule has 0 fully saturated rings. The molecular formula is C50H48Cl4N4O6. The lowest BCUT2D eigenvalue weighted by Crippen LogP contribution is -2.43. The summed E-state index contributed by atoms with van der Waals surface area (Å²) >= 11 is 24.5. The molecule has 0 unspecified atom stereocenters. The first-order valence-corrected chi connectivity index (χ1v) is 22.2. The molecule has 332 valence electrons. The molecule has 3 N–H and O–H groups in total. The summed E-state index contributed by atoms with van der Waals surface area (Å²) < 4.78 is 9.78. The number of ether oxygens (including phenoxy) is 2. The minimum atomic E-state index is -0.876. The van der Waals surface area contributed by atoms with Gasteiger partial charge >= 0.3 is 11.9 Å². The maximum absolute atomic E-state index is 12.8. The highest BCUT2D eigenvalue weighted by Gasteiger charge is 2.27. The number of carbonyl (C=O) groups is 4. The Morgan fingerprint density at radius 3 is 1.44 bits per heavy atom. The number of amides is 2. The van der Waals surface area contributed by atoms with Gasteiger partial charge in [-0.15, -0.1) is 0 Å². The van der Waals surface area contributed by atoms with E-state index in [2.05, 4.69) is 69.4 Å². The van der Waals surface area contributed by atoms with E-state index in [0.717, 1.165) is 61.3 Å². The van der Waals surface area contributed by atoms with E-state index in [9.17, 15) is 19.2 Å². The minimum absolute atomic E-state index is 0.133. The molecule has 7 rings (SSSR count). The third-order valence-electron chi connectivity index (χ3n) is 10.9. The third kappa shape index (κ3) is 12.8. The standard InChI is InChI=1S/C28H26Cl2N2O3.C22H22Cl2N2O3/c1-35-28(34)25(31-27(33)26-23(29)8-5-9-24(26)30)18-19-10-12-20(13-11-19)21-14-16-32(17-15-21)22-6-3-2-4-7-22;1-29-22(28)19(26-21(27)20-17(23)3-2-4-18(20)24)13-14-5-7-15(8-6-14)16-9-11-25-12-10-16/h2-14,25H,15-18H2,1H3,(H,31,33);2-9,19,25H,10-13H2,1H3,(H,26,27)/t25-;19-/m00/s1. The van der Waals surface area contributed by atoms with Gasteiger partial charge in [0.15, 0.2) is 0 Å². The van der Waals surface area contributed by atoms with Gasteiger partial charge in [-0.2, -0.15) is 0 Å². The number of para-hydroxylation sites is 1. The topological polar surface area (TPSA) is 126 Å². The Kier molecular flexibility index (Phi) is 17.5. The number of esters is 2. The fraction of sp³-hybridized carbons (Fsp3) is 0.240. The van der Waals surface area contributed by atoms with Crippen molar-refractivity contribution in [3.63, 3.8) is 0 Å². The van der Waals surface area contributed by atoms with E-state index in [1.54, 1.807) is 36.4 Å². The Labute approximate surface area is 393 Å². The van der Waals surface area contributed by atoms with Crippen molar-refractivity contribution in [3.05, 3.63) is 181 Å². The SMILES string of the molecule is COC(=O)[C@H](Cc1ccc(C2=CCN(c3ccccc3)CC2)cc1)NC(=O)c1c(Cl)cccc1Cl.COC(=O)[C@H](Cc1ccc(C2=CCNCC2)cc1)NC(=O)c1c(Cl)cccc1Cl. The molecule has 2 aliphatic rings. The Bertz CT molecular complexity index is 2460. The summed E-state index contributed by atoms with van der Waals surface area (Å²) in [6.07, 6.45) is 6.95. The van der Waals surface area contributed by atoms with Gasteiger partial charge in [0, 0.05) is 38.2 Å². The van der Waals surface area contributed by atoms with E-state index < -0.39 is 35.8 Å². The number of methoxy groups -OCH3 is 2. The highest BCUT2D eigenvalue weighted by molar-refractivity contribution is 6.40. The van der Waals surface area contributed by atoms with E-state index in [0.29, 0.717) is 6.42 Å². The number of halogens is 4. The van der Waals surface area contributed by atoms with E-state index in [4.69, 9.17) is 55.9 Å². The molecule has 0 saturated carbocycles.